The molecule has 0 saturated carbocycles. The molecular weight excluding hydrogens is 228 g/mol. The van der Waals surface area contributed by atoms with Gasteiger partial charge in [0.15, 0.2) is 0 Å². The first-order chi connectivity index (χ1) is 8.65. The van der Waals surface area contributed by atoms with Gasteiger partial charge in [-0.2, -0.15) is 5.10 Å². The average Bonchev–Trinajstić information content (AvgIpc) is 2.76. The fourth-order valence-corrected chi connectivity index (χ4v) is 1.61. The van der Waals surface area contributed by atoms with Crippen LogP contribution in [0.5, 0.6) is 0 Å². The molecule has 0 saturated heterocycles. The van der Waals surface area contributed by atoms with Gasteiger partial charge in [0, 0.05) is 24.4 Å². The number of hydrogen-bond acceptors (Lipinski definition) is 3. The van der Waals surface area contributed by atoms with E-state index in [-0.39, 0.29) is 5.84 Å². The third-order valence-corrected chi connectivity index (χ3v) is 2.56. The second-order valence-electron chi connectivity index (χ2n) is 4.13. The Hall–Kier alpha value is -2.14. The topological polar surface area (TPSA) is 76.9 Å². The molecule has 0 aliphatic heterocycles. The minimum atomic E-state index is 0.0813. The van der Waals surface area contributed by atoms with Crippen LogP contribution in [-0.4, -0.2) is 15.6 Å². The van der Waals surface area contributed by atoms with Gasteiger partial charge < -0.3 is 10.5 Å². The first-order valence-corrected chi connectivity index (χ1v) is 5.64. The predicted molar refractivity (Wildman–Crippen MR) is 69.2 cm³/mol. The molecule has 3 N–H and O–H groups in total. The number of benzene rings is 1. The summed E-state index contributed by atoms with van der Waals surface area (Å²) in [6.45, 7) is 1.08. The molecule has 0 aliphatic carbocycles. The van der Waals surface area contributed by atoms with Crippen molar-refractivity contribution in [3.05, 3.63) is 53.3 Å². The van der Waals surface area contributed by atoms with E-state index in [1.165, 1.54) is 0 Å². The van der Waals surface area contributed by atoms with Crippen LogP contribution in [0.25, 0.3) is 0 Å². The van der Waals surface area contributed by atoms with Crippen LogP contribution in [0.15, 0.2) is 36.7 Å². The summed E-state index contributed by atoms with van der Waals surface area (Å²) in [5, 5.41) is 11.4. The van der Waals surface area contributed by atoms with Gasteiger partial charge >= 0.3 is 0 Å². The van der Waals surface area contributed by atoms with Crippen molar-refractivity contribution in [2.75, 3.05) is 0 Å². The van der Waals surface area contributed by atoms with Crippen LogP contribution in [0.3, 0.4) is 0 Å². The molecule has 1 aromatic heterocycles. The summed E-state index contributed by atoms with van der Waals surface area (Å²) >= 11 is 0. The Labute approximate surface area is 106 Å². The van der Waals surface area contributed by atoms with Gasteiger partial charge in [0.2, 0.25) is 0 Å². The zero-order valence-corrected chi connectivity index (χ0v) is 10.3. The molecule has 2 rings (SSSR count). The predicted octanol–water partition coefficient (Wildman–Crippen LogP) is 1.42. The zero-order chi connectivity index (χ0) is 13.0. The Bertz CT molecular complexity index is 530. The van der Waals surface area contributed by atoms with Crippen LogP contribution in [-0.2, 0) is 25.0 Å². The molecule has 1 aromatic carbocycles. The lowest BCUT2D eigenvalue weighted by Gasteiger charge is -2.04. The minimum Gasteiger partial charge on any atom is -0.384 e. The molecule has 1 heterocycles. The molecule has 0 bridgehead atoms. The van der Waals surface area contributed by atoms with Gasteiger partial charge in [-0.05, 0) is 5.56 Å². The highest BCUT2D eigenvalue weighted by Gasteiger charge is 1.99. The molecule has 0 spiro atoms. The van der Waals surface area contributed by atoms with E-state index in [4.69, 9.17) is 15.9 Å². The van der Waals surface area contributed by atoms with E-state index in [0.29, 0.717) is 13.2 Å². The molecule has 5 heteroatoms. The standard InChI is InChI=1S/C13H16N4O/c1-17-7-11(6-16-17)9-18-8-10-2-4-12(5-3-10)13(14)15/h2-7H,8-9H2,1H3,(H3,14,15). The third-order valence-electron chi connectivity index (χ3n) is 2.56. The number of rotatable bonds is 5. The summed E-state index contributed by atoms with van der Waals surface area (Å²) in [5.74, 6) is 0.0813. The lowest BCUT2D eigenvalue weighted by molar-refractivity contribution is 0.107. The lowest BCUT2D eigenvalue weighted by Crippen LogP contribution is -2.10. The first kappa shape index (κ1) is 12.3. The van der Waals surface area contributed by atoms with Crippen LogP contribution in [0.1, 0.15) is 16.7 Å². The van der Waals surface area contributed by atoms with E-state index in [1.807, 2.05) is 37.5 Å². The molecule has 0 aliphatic rings. The molecule has 0 radical (unpaired) electrons. The highest BCUT2D eigenvalue weighted by Crippen LogP contribution is 2.07. The van der Waals surface area contributed by atoms with Crippen LogP contribution >= 0.6 is 0 Å². The van der Waals surface area contributed by atoms with Crippen molar-refractivity contribution in [1.29, 1.82) is 5.41 Å². The maximum Gasteiger partial charge on any atom is 0.122 e. The molecule has 0 atom stereocenters. The molecule has 0 unspecified atom stereocenters. The average molecular weight is 244 g/mol. The van der Waals surface area contributed by atoms with Gasteiger partial charge in [-0.3, -0.25) is 10.1 Å². The Kier molecular flexibility index (Phi) is 3.74. The van der Waals surface area contributed by atoms with Gasteiger partial charge in [-0.15, -0.1) is 0 Å². The zero-order valence-electron chi connectivity index (χ0n) is 10.3. The number of amidine groups is 1. The maximum atomic E-state index is 7.30. The molecule has 0 fully saturated rings. The van der Waals surface area contributed by atoms with Crippen molar-refractivity contribution in [1.82, 2.24) is 9.78 Å². The van der Waals surface area contributed by atoms with E-state index >= 15 is 0 Å². The van der Waals surface area contributed by atoms with Gasteiger partial charge in [-0.1, -0.05) is 24.3 Å². The van der Waals surface area contributed by atoms with Crippen LogP contribution in [0.2, 0.25) is 0 Å². The normalized spacial score (nSPS) is 10.5. The fraction of sp³-hybridized carbons (Fsp3) is 0.231. The SMILES string of the molecule is Cn1cc(COCc2ccc(C(=N)N)cc2)cn1. The number of nitrogens with one attached hydrogen (secondary N) is 1. The first-order valence-electron chi connectivity index (χ1n) is 5.64. The number of hydrogen-bond donors (Lipinski definition) is 2. The van der Waals surface area contributed by atoms with E-state index in [2.05, 4.69) is 5.10 Å². The van der Waals surface area contributed by atoms with Crippen molar-refractivity contribution in [2.45, 2.75) is 13.2 Å². The van der Waals surface area contributed by atoms with E-state index in [0.717, 1.165) is 16.7 Å². The number of nitrogen functional groups attached to an aromatic ring is 1. The van der Waals surface area contributed by atoms with Crippen molar-refractivity contribution in [2.24, 2.45) is 12.8 Å². The summed E-state index contributed by atoms with van der Waals surface area (Å²) in [6, 6.07) is 7.48. The Balaban J connectivity index is 1.85. The summed E-state index contributed by atoms with van der Waals surface area (Å²) in [4.78, 5) is 0. The van der Waals surface area contributed by atoms with Crippen molar-refractivity contribution in [3.8, 4) is 0 Å². The maximum absolute atomic E-state index is 7.30. The lowest BCUT2D eigenvalue weighted by atomic mass is 10.1. The van der Waals surface area contributed by atoms with Crippen LogP contribution < -0.4 is 5.73 Å². The molecule has 0 amide bonds. The van der Waals surface area contributed by atoms with Gasteiger partial charge in [0.1, 0.15) is 5.84 Å². The van der Waals surface area contributed by atoms with Gasteiger partial charge in [0.25, 0.3) is 0 Å². The highest BCUT2D eigenvalue weighted by molar-refractivity contribution is 5.94. The number of aryl methyl sites for hydroxylation is 1. The Morgan fingerprint density at radius 1 is 1.28 bits per heavy atom. The molecule has 18 heavy (non-hydrogen) atoms. The van der Waals surface area contributed by atoms with Gasteiger partial charge in [0.05, 0.1) is 19.4 Å². The van der Waals surface area contributed by atoms with Crippen molar-refractivity contribution < 1.29 is 4.74 Å². The Morgan fingerprint density at radius 3 is 2.50 bits per heavy atom. The summed E-state index contributed by atoms with van der Waals surface area (Å²) in [5.41, 5.74) is 8.23. The summed E-state index contributed by atoms with van der Waals surface area (Å²) in [6.07, 6.45) is 3.72. The van der Waals surface area contributed by atoms with Crippen LogP contribution in [0, 0.1) is 5.41 Å². The van der Waals surface area contributed by atoms with E-state index in [9.17, 15) is 0 Å². The molecule has 2 aromatic rings. The fourth-order valence-electron chi connectivity index (χ4n) is 1.61. The molecule has 5 nitrogen and oxygen atoms in total. The number of nitrogens with zero attached hydrogens (tertiary/aromatic N) is 2. The summed E-state index contributed by atoms with van der Waals surface area (Å²) < 4.78 is 7.33. The molecule has 94 valence electrons. The Morgan fingerprint density at radius 2 is 1.94 bits per heavy atom. The highest BCUT2D eigenvalue weighted by atomic mass is 16.5. The quantitative estimate of drug-likeness (QED) is 0.617. The molecular formula is C13H16N4O. The largest absolute Gasteiger partial charge is 0.384 e. The van der Waals surface area contributed by atoms with Crippen LogP contribution in [0.4, 0.5) is 0 Å². The minimum absolute atomic E-state index is 0.0813. The van der Waals surface area contributed by atoms with Gasteiger partial charge in [-0.25, -0.2) is 0 Å². The smallest absolute Gasteiger partial charge is 0.122 e. The number of aromatic nitrogens is 2. The third kappa shape index (κ3) is 3.18. The van der Waals surface area contributed by atoms with Crippen molar-refractivity contribution in [3.63, 3.8) is 0 Å². The monoisotopic (exact) mass is 244 g/mol. The van der Waals surface area contributed by atoms with E-state index < -0.39 is 0 Å². The second-order valence-corrected chi connectivity index (χ2v) is 4.13. The van der Waals surface area contributed by atoms with Crippen molar-refractivity contribution >= 4 is 5.84 Å². The second kappa shape index (κ2) is 5.46. The number of nitrogens with two attached hydrogens (primary N) is 1. The van der Waals surface area contributed by atoms with E-state index in [1.54, 1.807) is 10.9 Å². The number of ether oxygens (including phenoxy) is 1. The summed E-state index contributed by atoms with van der Waals surface area (Å²) in [7, 11) is 1.88.